The molecule has 82 valence electrons. The Balaban J connectivity index is 4.63. The van der Waals surface area contributed by atoms with Crippen LogP contribution in [0.5, 0.6) is 0 Å². The third-order valence-electron chi connectivity index (χ3n) is 2.80. The van der Waals surface area contributed by atoms with E-state index in [9.17, 15) is 4.79 Å². The lowest BCUT2D eigenvalue weighted by Gasteiger charge is -2.15. The van der Waals surface area contributed by atoms with Crippen molar-refractivity contribution in [2.45, 2.75) is 52.6 Å². The molecule has 1 N–H and O–H groups in total. The maximum absolute atomic E-state index is 10.8. The van der Waals surface area contributed by atoms with Gasteiger partial charge in [0.1, 0.15) is 0 Å². The third-order valence-corrected chi connectivity index (χ3v) is 7.01. The molecule has 0 aliphatic rings. The molecule has 0 aromatic carbocycles. The van der Waals surface area contributed by atoms with E-state index in [1.54, 1.807) is 6.92 Å². The molecule has 0 aromatic heterocycles. The highest BCUT2D eigenvalue weighted by atomic mass is 28.3. The zero-order valence-electron chi connectivity index (χ0n) is 9.76. The van der Waals surface area contributed by atoms with Crippen molar-refractivity contribution in [2.75, 3.05) is 0 Å². The van der Waals surface area contributed by atoms with Gasteiger partial charge in [0.25, 0.3) is 0 Å². The molecule has 0 aliphatic heterocycles. The van der Waals surface area contributed by atoms with Crippen LogP contribution in [0.2, 0.25) is 12.1 Å². The van der Waals surface area contributed by atoms with Crippen molar-refractivity contribution in [2.24, 2.45) is 0 Å². The van der Waals surface area contributed by atoms with Gasteiger partial charge in [0.2, 0.25) is 0 Å². The molecule has 0 bridgehead atoms. The second-order valence-corrected chi connectivity index (χ2v) is 7.30. The van der Waals surface area contributed by atoms with Crippen molar-refractivity contribution in [3.63, 3.8) is 0 Å². The smallest absolute Gasteiger partial charge is 0.330 e. The molecule has 0 aliphatic carbocycles. The minimum atomic E-state index is -0.943. The number of carboxylic acid groups (broad SMARTS) is 1. The van der Waals surface area contributed by atoms with Crippen molar-refractivity contribution in [3.05, 3.63) is 10.8 Å². The lowest BCUT2D eigenvalue weighted by molar-refractivity contribution is -0.132. The largest absolute Gasteiger partial charge is 0.478 e. The van der Waals surface area contributed by atoms with Crippen LogP contribution in [0.25, 0.3) is 0 Å². The first-order valence-corrected chi connectivity index (χ1v) is 7.66. The van der Waals surface area contributed by atoms with Crippen molar-refractivity contribution >= 4 is 14.8 Å². The van der Waals surface area contributed by atoms with Gasteiger partial charge in [-0.1, -0.05) is 44.0 Å². The monoisotopic (exact) mass is 214 g/mol. The van der Waals surface area contributed by atoms with Gasteiger partial charge in [-0.2, -0.15) is 0 Å². The summed E-state index contributed by atoms with van der Waals surface area (Å²) < 4.78 is 0. The van der Waals surface area contributed by atoms with Crippen molar-refractivity contribution < 1.29 is 9.90 Å². The Hall–Kier alpha value is -0.573. The molecule has 0 aromatic rings. The Morgan fingerprint density at radius 1 is 1.14 bits per heavy atom. The molecular weight excluding hydrogens is 192 g/mol. The number of aliphatic carboxylic acids is 1. The van der Waals surface area contributed by atoms with E-state index in [2.05, 4.69) is 13.8 Å². The number of rotatable bonds is 6. The lowest BCUT2D eigenvalue weighted by Crippen LogP contribution is -2.17. The molecule has 3 heteroatoms. The summed E-state index contributed by atoms with van der Waals surface area (Å²) in [4.78, 5) is 10.8. The van der Waals surface area contributed by atoms with Crippen molar-refractivity contribution in [3.8, 4) is 0 Å². The SMILES string of the molecule is CCC[SiH](CCC)C(C)=C(C)C(=O)O. The second-order valence-electron chi connectivity index (χ2n) is 3.89. The molecule has 0 atom stereocenters. The van der Waals surface area contributed by atoms with Crippen LogP contribution in [0.1, 0.15) is 40.5 Å². The Kier molecular flexibility index (Phi) is 6.54. The molecule has 0 radical (unpaired) electrons. The molecule has 14 heavy (non-hydrogen) atoms. The highest BCUT2D eigenvalue weighted by Crippen LogP contribution is 2.17. The molecule has 0 saturated heterocycles. The summed E-state index contributed by atoms with van der Waals surface area (Å²) in [5.41, 5.74) is 0.587. The maximum Gasteiger partial charge on any atom is 0.330 e. The van der Waals surface area contributed by atoms with Crippen LogP contribution in [-0.4, -0.2) is 19.9 Å². The van der Waals surface area contributed by atoms with Crippen molar-refractivity contribution in [1.29, 1.82) is 0 Å². The quantitative estimate of drug-likeness (QED) is 0.545. The molecule has 0 unspecified atom stereocenters. The number of hydrogen-bond acceptors (Lipinski definition) is 1. The number of allylic oxidation sites excluding steroid dienone is 1. The summed E-state index contributed by atoms with van der Waals surface area (Å²) in [6.07, 6.45) is 2.36. The third kappa shape index (κ3) is 4.09. The Labute approximate surface area is 88.6 Å². The minimum absolute atomic E-state index is 0.587. The number of carbonyl (C=O) groups is 1. The van der Waals surface area contributed by atoms with Crippen LogP contribution in [0.15, 0.2) is 10.8 Å². The zero-order chi connectivity index (χ0) is 11.1. The second kappa shape index (κ2) is 6.82. The summed E-state index contributed by atoms with van der Waals surface area (Å²) >= 11 is 0. The van der Waals surface area contributed by atoms with Crippen molar-refractivity contribution in [1.82, 2.24) is 0 Å². The van der Waals surface area contributed by atoms with E-state index in [-0.39, 0.29) is 0 Å². The first-order chi connectivity index (χ1) is 6.54. The number of hydrogen-bond donors (Lipinski definition) is 1. The van der Waals surface area contributed by atoms with Crippen LogP contribution >= 0.6 is 0 Å². The molecule has 0 rings (SSSR count). The van der Waals surface area contributed by atoms with Crippen LogP contribution in [0.4, 0.5) is 0 Å². The van der Waals surface area contributed by atoms with Crippen LogP contribution in [0.3, 0.4) is 0 Å². The maximum atomic E-state index is 10.8. The van der Waals surface area contributed by atoms with Gasteiger partial charge in [-0.3, -0.25) is 0 Å². The molecule has 0 saturated carbocycles. The summed E-state index contributed by atoms with van der Waals surface area (Å²) in [5.74, 6) is -0.743. The van der Waals surface area contributed by atoms with Gasteiger partial charge in [0.15, 0.2) is 0 Å². The van der Waals surface area contributed by atoms with E-state index in [1.165, 1.54) is 30.1 Å². The average molecular weight is 214 g/mol. The van der Waals surface area contributed by atoms with Gasteiger partial charge in [0, 0.05) is 5.57 Å². The molecular formula is C11H22O2Si. The van der Waals surface area contributed by atoms with Crippen LogP contribution < -0.4 is 0 Å². The van der Waals surface area contributed by atoms with Crippen LogP contribution in [-0.2, 0) is 4.79 Å². The number of carboxylic acids is 1. The summed E-state index contributed by atoms with van der Waals surface area (Å²) in [7, 11) is -0.943. The molecule has 0 fully saturated rings. The first-order valence-electron chi connectivity index (χ1n) is 5.45. The van der Waals surface area contributed by atoms with E-state index in [0.29, 0.717) is 5.57 Å². The highest BCUT2D eigenvalue weighted by molar-refractivity contribution is 6.67. The van der Waals surface area contributed by atoms with Gasteiger partial charge < -0.3 is 5.11 Å². The fraction of sp³-hybridized carbons (Fsp3) is 0.727. The molecule has 0 amide bonds. The zero-order valence-corrected chi connectivity index (χ0v) is 10.9. The van der Waals surface area contributed by atoms with Gasteiger partial charge in [0.05, 0.1) is 8.80 Å². The van der Waals surface area contributed by atoms with E-state index in [0.717, 1.165) is 0 Å². The van der Waals surface area contributed by atoms with Gasteiger partial charge >= 0.3 is 5.97 Å². The Morgan fingerprint density at radius 2 is 1.57 bits per heavy atom. The lowest BCUT2D eigenvalue weighted by atomic mass is 10.3. The fourth-order valence-electron chi connectivity index (χ4n) is 1.75. The predicted molar refractivity (Wildman–Crippen MR) is 63.4 cm³/mol. The fourth-order valence-corrected chi connectivity index (χ4v) is 5.03. The minimum Gasteiger partial charge on any atom is -0.478 e. The van der Waals surface area contributed by atoms with E-state index < -0.39 is 14.8 Å². The van der Waals surface area contributed by atoms with Gasteiger partial charge in [-0.15, -0.1) is 0 Å². The van der Waals surface area contributed by atoms with Gasteiger partial charge in [-0.05, 0) is 13.8 Å². The van der Waals surface area contributed by atoms with E-state index >= 15 is 0 Å². The molecule has 0 spiro atoms. The summed E-state index contributed by atoms with van der Waals surface area (Å²) in [6, 6.07) is 2.48. The predicted octanol–water partition coefficient (Wildman–Crippen LogP) is 2.99. The standard InChI is InChI=1S/C11H22O2Si/c1-5-7-14(8-6-2)10(4)9(3)11(12)13/h14H,5-8H2,1-4H3,(H,12,13). The van der Waals surface area contributed by atoms with Crippen LogP contribution in [0, 0.1) is 0 Å². The highest BCUT2D eigenvalue weighted by Gasteiger charge is 2.15. The molecule has 2 nitrogen and oxygen atoms in total. The Bertz CT molecular complexity index is 215. The Morgan fingerprint density at radius 3 is 1.86 bits per heavy atom. The van der Waals surface area contributed by atoms with E-state index in [1.807, 2.05) is 6.92 Å². The average Bonchev–Trinajstić information content (AvgIpc) is 2.15. The first kappa shape index (κ1) is 13.4. The molecule has 0 heterocycles. The summed E-state index contributed by atoms with van der Waals surface area (Å²) in [6.45, 7) is 8.12. The summed E-state index contributed by atoms with van der Waals surface area (Å²) in [5, 5.41) is 10.1. The van der Waals surface area contributed by atoms with Gasteiger partial charge in [-0.25, -0.2) is 4.79 Å². The van der Waals surface area contributed by atoms with E-state index in [4.69, 9.17) is 5.11 Å². The normalized spacial score (nSPS) is 12.9. The topological polar surface area (TPSA) is 37.3 Å².